The minimum Gasteiger partial charge on any atom is -0.343 e. The zero-order chi connectivity index (χ0) is 18.3. The lowest BCUT2D eigenvalue weighted by molar-refractivity contribution is -0.130. The molecular formula is C21H20Cl2N2O. The molecule has 1 fully saturated rings. The van der Waals surface area contributed by atoms with Crippen LogP contribution in [0, 0.1) is 5.92 Å². The van der Waals surface area contributed by atoms with E-state index in [2.05, 4.69) is 12.1 Å². The van der Waals surface area contributed by atoms with Gasteiger partial charge in [0.25, 0.3) is 0 Å². The van der Waals surface area contributed by atoms with Crippen LogP contribution in [0.15, 0.2) is 30.5 Å². The average Bonchev–Trinajstić information content (AvgIpc) is 2.79. The fourth-order valence-electron chi connectivity index (χ4n) is 4.20. The fourth-order valence-corrected chi connectivity index (χ4v) is 4.59. The van der Waals surface area contributed by atoms with E-state index in [1.165, 1.54) is 5.56 Å². The monoisotopic (exact) mass is 386 g/mol. The fraction of sp³-hybridized carbons (Fsp3) is 0.333. The van der Waals surface area contributed by atoms with Gasteiger partial charge in [0.1, 0.15) is 0 Å². The molecule has 1 atom stereocenters. The molecule has 0 spiro atoms. The number of piperidine rings is 1. The number of benzene rings is 1. The molecule has 1 unspecified atom stereocenters. The highest BCUT2D eigenvalue weighted by molar-refractivity contribution is 6.32. The van der Waals surface area contributed by atoms with Crippen molar-refractivity contribution in [3.8, 4) is 0 Å². The molecule has 1 amide bonds. The van der Waals surface area contributed by atoms with Gasteiger partial charge in [-0.25, -0.2) is 0 Å². The van der Waals surface area contributed by atoms with Crippen molar-refractivity contribution in [2.24, 2.45) is 5.92 Å². The summed E-state index contributed by atoms with van der Waals surface area (Å²) in [5, 5.41) is 1.44. The predicted molar refractivity (Wildman–Crippen MR) is 106 cm³/mol. The van der Waals surface area contributed by atoms with Gasteiger partial charge >= 0.3 is 0 Å². The van der Waals surface area contributed by atoms with Crippen molar-refractivity contribution in [3.05, 3.63) is 62.9 Å². The van der Waals surface area contributed by atoms with Crippen LogP contribution in [0.25, 0.3) is 12.2 Å². The molecule has 1 aliphatic heterocycles. The minimum atomic E-state index is 0.153. The average molecular weight is 387 g/mol. The van der Waals surface area contributed by atoms with Gasteiger partial charge in [-0.2, -0.15) is 0 Å². The van der Waals surface area contributed by atoms with Gasteiger partial charge < -0.3 is 4.90 Å². The Morgan fingerprint density at radius 1 is 1.15 bits per heavy atom. The van der Waals surface area contributed by atoms with Gasteiger partial charge in [0.05, 0.1) is 10.7 Å². The molecular weight excluding hydrogens is 367 g/mol. The number of hydrogen-bond acceptors (Lipinski definition) is 2. The molecule has 0 bridgehead atoms. The molecule has 2 aliphatic rings. The Morgan fingerprint density at radius 2 is 1.92 bits per heavy atom. The van der Waals surface area contributed by atoms with E-state index >= 15 is 0 Å². The molecule has 1 aromatic heterocycles. The SMILES string of the molecule is CC(=O)N1CCC(C2c3ccc(Cl)cc3C=Cc3c(Cl)ccnc32)CC1. The van der Waals surface area contributed by atoms with Crippen molar-refractivity contribution in [1.29, 1.82) is 0 Å². The van der Waals surface area contributed by atoms with Crippen LogP contribution in [0.1, 0.15) is 48.1 Å². The summed E-state index contributed by atoms with van der Waals surface area (Å²) in [6.45, 7) is 3.23. The van der Waals surface area contributed by atoms with Crippen LogP contribution in [0.5, 0.6) is 0 Å². The lowest BCUT2D eigenvalue weighted by Crippen LogP contribution is -2.38. The molecule has 1 aromatic carbocycles. The summed E-state index contributed by atoms with van der Waals surface area (Å²) in [5.74, 6) is 0.718. The van der Waals surface area contributed by atoms with Crippen molar-refractivity contribution in [2.75, 3.05) is 13.1 Å². The highest BCUT2D eigenvalue weighted by Crippen LogP contribution is 2.44. The number of fused-ring (bicyclic) bond motifs is 2. The Kier molecular flexibility index (Phi) is 4.76. The number of amides is 1. The van der Waals surface area contributed by atoms with Crippen LogP contribution >= 0.6 is 23.2 Å². The number of likely N-dealkylation sites (tertiary alicyclic amines) is 1. The summed E-state index contributed by atoms with van der Waals surface area (Å²) in [6.07, 6.45) is 7.83. The van der Waals surface area contributed by atoms with Gasteiger partial charge in [0.15, 0.2) is 0 Å². The maximum absolute atomic E-state index is 11.7. The second-order valence-electron chi connectivity index (χ2n) is 7.02. The second-order valence-corrected chi connectivity index (χ2v) is 7.86. The topological polar surface area (TPSA) is 33.2 Å². The number of pyridine rings is 1. The minimum absolute atomic E-state index is 0.153. The summed E-state index contributed by atoms with van der Waals surface area (Å²) in [6, 6.07) is 7.90. The van der Waals surface area contributed by atoms with Crippen molar-refractivity contribution in [2.45, 2.75) is 25.7 Å². The van der Waals surface area contributed by atoms with E-state index in [-0.39, 0.29) is 11.8 Å². The number of hydrogen-bond donors (Lipinski definition) is 0. The molecule has 0 N–H and O–H groups in total. The first kappa shape index (κ1) is 17.6. The highest BCUT2D eigenvalue weighted by Gasteiger charge is 2.34. The number of halogens is 2. The zero-order valence-electron chi connectivity index (χ0n) is 14.6. The normalized spacial score (nSPS) is 19.7. The number of rotatable bonds is 1. The van der Waals surface area contributed by atoms with Crippen molar-refractivity contribution >= 4 is 41.3 Å². The van der Waals surface area contributed by atoms with E-state index in [9.17, 15) is 4.79 Å². The summed E-state index contributed by atoms with van der Waals surface area (Å²) >= 11 is 12.7. The van der Waals surface area contributed by atoms with Gasteiger partial charge in [0.2, 0.25) is 5.91 Å². The van der Waals surface area contributed by atoms with Crippen LogP contribution in [-0.4, -0.2) is 28.9 Å². The number of carbonyl (C=O) groups excluding carboxylic acids is 1. The first-order valence-electron chi connectivity index (χ1n) is 8.92. The first-order valence-corrected chi connectivity index (χ1v) is 9.67. The van der Waals surface area contributed by atoms with E-state index in [0.717, 1.165) is 52.8 Å². The Bertz CT molecular complexity index is 886. The van der Waals surface area contributed by atoms with Gasteiger partial charge in [0, 0.05) is 42.7 Å². The third kappa shape index (κ3) is 3.15. The quantitative estimate of drug-likeness (QED) is 0.669. The van der Waals surface area contributed by atoms with E-state index < -0.39 is 0 Å². The van der Waals surface area contributed by atoms with Crippen molar-refractivity contribution in [3.63, 3.8) is 0 Å². The van der Waals surface area contributed by atoms with Crippen LogP contribution in [0.2, 0.25) is 10.0 Å². The summed E-state index contributed by atoms with van der Waals surface area (Å²) in [4.78, 5) is 18.3. The number of carbonyl (C=O) groups is 1. The Hall–Kier alpha value is -1.84. The molecule has 26 heavy (non-hydrogen) atoms. The number of aromatic nitrogens is 1. The van der Waals surface area contributed by atoms with Crippen LogP contribution in [0.3, 0.4) is 0 Å². The zero-order valence-corrected chi connectivity index (χ0v) is 16.1. The van der Waals surface area contributed by atoms with Crippen LogP contribution in [-0.2, 0) is 4.79 Å². The molecule has 5 heteroatoms. The molecule has 0 radical (unpaired) electrons. The Morgan fingerprint density at radius 3 is 2.65 bits per heavy atom. The molecule has 1 saturated heterocycles. The van der Waals surface area contributed by atoms with E-state index in [0.29, 0.717) is 5.92 Å². The molecule has 134 valence electrons. The lowest BCUT2D eigenvalue weighted by atomic mass is 9.76. The van der Waals surface area contributed by atoms with E-state index in [1.807, 2.05) is 29.2 Å². The van der Waals surface area contributed by atoms with Crippen LogP contribution in [0.4, 0.5) is 0 Å². The third-order valence-electron chi connectivity index (χ3n) is 5.53. The Labute approximate surface area is 163 Å². The molecule has 3 nitrogen and oxygen atoms in total. The lowest BCUT2D eigenvalue weighted by Gasteiger charge is -2.36. The molecule has 1 aliphatic carbocycles. The van der Waals surface area contributed by atoms with Gasteiger partial charge in [-0.05, 0) is 48.1 Å². The number of nitrogens with zero attached hydrogens (tertiary/aromatic N) is 2. The second kappa shape index (κ2) is 7.05. The van der Waals surface area contributed by atoms with Crippen molar-refractivity contribution < 1.29 is 4.79 Å². The van der Waals surface area contributed by atoms with Crippen LogP contribution < -0.4 is 0 Å². The highest BCUT2D eigenvalue weighted by atomic mass is 35.5. The van der Waals surface area contributed by atoms with Gasteiger partial charge in [-0.15, -0.1) is 0 Å². The molecule has 2 aromatic rings. The third-order valence-corrected chi connectivity index (χ3v) is 6.10. The summed E-state index contributed by atoms with van der Waals surface area (Å²) < 4.78 is 0. The van der Waals surface area contributed by atoms with Gasteiger partial charge in [-0.1, -0.05) is 41.4 Å². The summed E-state index contributed by atoms with van der Waals surface area (Å²) in [5.41, 5.74) is 4.36. The first-order chi connectivity index (χ1) is 12.5. The summed E-state index contributed by atoms with van der Waals surface area (Å²) in [7, 11) is 0. The molecule has 4 rings (SSSR count). The maximum Gasteiger partial charge on any atom is 0.219 e. The van der Waals surface area contributed by atoms with E-state index in [4.69, 9.17) is 28.2 Å². The predicted octanol–water partition coefficient (Wildman–Crippen LogP) is 5.26. The molecule has 0 saturated carbocycles. The van der Waals surface area contributed by atoms with Gasteiger partial charge in [-0.3, -0.25) is 9.78 Å². The largest absolute Gasteiger partial charge is 0.343 e. The smallest absolute Gasteiger partial charge is 0.219 e. The molecule has 2 heterocycles. The standard InChI is InChI=1S/C21H20Cl2N2O/c1-13(26)25-10-7-14(8-11-25)20-17-5-3-16(22)12-15(17)2-4-18-19(23)6-9-24-21(18)20/h2-6,9,12,14,20H,7-8,10-11H2,1H3. The van der Waals surface area contributed by atoms with Crippen molar-refractivity contribution in [1.82, 2.24) is 9.88 Å². The maximum atomic E-state index is 11.7. The Balaban J connectivity index is 1.79. The van der Waals surface area contributed by atoms with E-state index in [1.54, 1.807) is 13.1 Å².